The quantitative estimate of drug-likeness (QED) is 0.768. The number of halogens is 3. The van der Waals surface area contributed by atoms with Crippen LogP contribution in [0.15, 0.2) is 30.3 Å². The monoisotopic (exact) mass is 398 g/mol. The Morgan fingerprint density at radius 3 is 2.32 bits per heavy atom. The summed E-state index contributed by atoms with van der Waals surface area (Å²) in [7, 11) is 0. The van der Waals surface area contributed by atoms with Gasteiger partial charge in [-0.2, -0.15) is 13.2 Å². The summed E-state index contributed by atoms with van der Waals surface area (Å²) in [6, 6.07) is 9.23. The van der Waals surface area contributed by atoms with Gasteiger partial charge in [-0.05, 0) is 36.8 Å². The number of para-hydroxylation sites is 1. The van der Waals surface area contributed by atoms with Crippen molar-refractivity contribution in [2.75, 3.05) is 19.7 Å². The third-order valence-electron chi connectivity index (χ3n) is 5.48. The Kier molecular flexibility index (Phi) is 6.46. The zero-order chi connectivity index (χ0) is 20.1. The molecule has 1 saturated carbocycles. The van der Waals surface area contributed by atoms with E-state index >= 15 is 0 Å². The van der Waals surface area contributed by atoms with Crippen LogP contribution in [0, 0.1) is 11.8 Å². The predicted octanol–water partition coefficient (Wildman–Crippen LogP) is 3.15. The Balaban J connectivity index is 1.43. The highest BCUT2D eigenvalue weighted by atomic mass is 19.4. The SMILES string of the molecule is O=C(CCOc1ccccc1)NC1[C@@H]2CC[C@H]1CN(C(=O)CCC(F)(F)F)C2. The smallest absolute Gasteiger partial charge is 0.389 e. The molecule has 0 spiro atoms. The van der Waals surface area contributed by atoms with Crippen molar-refractivity contribution in [1.29, 1.82) is 0 Å². The van der Waals surface area contributed by atoms with Crippen LogP contribution in [0.4, 0.5) is 13.2 Å². The van der Waals surface area contributed by atoms with Gasteiger partial charge in [-0.15, -0.1) is 0 Å². The lowest BCUT2D eigenvalue weighted by molar-refractivity contribution is -0.150. The van der Waals surface area contributed by atoms with Crippen molar-refractivity contribution in [1.82, 2.24) is 10.2 Å². The Labute approximate surface area is 162 Å². The highest BCUT2D eigenvalue weighted by molar-refractivity contribution is 5.77. The summed E-state index contributed by atoms with van der Waals surface area (Å²) in [5.41, 5.74) is 0. The number of nitrogens with one attached hydrogen (secondary N) is 1. The molecule has 3 atom stereocenters. The Hall–Kier alpha value is -2.25. The number of fused-ring (bicyclic) bond motifs is 2. The third kappa shape index (κ3) is 5.62. The maximum Gasteiger partial charge on any atom is 0.389 e. The standard InChI is InChI=1S/C20H25F3N2O3/c21-20(22,23)10-8-18(27)25-12-14-6-7-15(13-25)19(14)24-17(26)9-11-28-16-4-2-1-3-5-16/h1-5,14-15,19H,6-13H2,(H,24,26)/t14-,15+,19?. The first-order chi connectivity index (χ1) is 13.3. The van der Waals surface area contributed by atoms with Crippen molar-refractivity contribution in [3.63, 3.8) is 0 Å². The van der Waals surface area contributed by atoms with E-state index in [4.69, 9.17) is 4.74 Å². The number of hydrogen-bond acceptors (Lipinski definition) is 3. The minimum absolute atomic E-state index is 0.0177. The molecule has 28 heavy (non-hydrogen) atoms. The molecule has 0 aromatic heterocycles. The molecular formula is C20H25F3N2O3. The fourth-order valence-electron chi connectivity index (χ4n) is 4.11. The molecule has 2 bridgehead atoms. The third-order valence-corrected chi connectivity index (χ3v) is 5.48. The zero-order valence-corrected chi connectivity index (χ0v) is 15.6. The van der Waals surface area contributed by atoms with Crippen LogP contribution in [0.25, 0.3) is 0 Å². The van der Waals surface area contributed by atoms with Gasteiger partial charge in [0, 0.05) is 25.6 Å². The largest absolute Gasteiger partial charge is 0.493 e. The van der Waals surface area contributed by atoms with E-state index in [1.807, 2.05) is 30.3 Å². The van der Waals surface area contributed by atoms with Crippen LogP contribution >= 0.6 is 0 Å². The van der Waals surface area contributed by atoms with E-state index in [1.165, 1.54) is 4.90 Å². The zero-order valence-electron chi connectivity index (χ0n) is 15.6. The maximum absolute atomic E-state index is 12.3. The van der Waals surface area contributed by atoms with Crippen molar-refractivity contribution < 1.29 is 27.5 Å². The number of carbonyl (C=O) groups excluding carboxylic acids is 2. The second kappa shape index (κ2) is 8.84. The molecule has 1 aromatic rings. The first-order valence-electron chi connectivity index (χ1n) is 9.63. The van der Waals surface area contributed by atoms with Gasteiger partial charge >= 0.3 is 6.18 Å². The van der Waals surface area contributed by atoms with Crippen molar-refractivity contribution in [2.45, 2.75) is 44.3 Å². The predicted molar refractivity (Wildman–Crippen MR) is 96.6 cm³/mol. The minimum Gasteiger partial charge on any atom is -0.493 e. The second-order valence-electron chi connectivity index (χ2n) is 7.52. The summed E-state index contributed by atoms with van der Waals surface area (Å²) >= 11 is 0. The van der Waals surface area contributed by atoms with E-state index < -0.39 is 24.9 Å². The van der Waals surface area contributed by atoms with Crippen LogP contribution in [0.2, 0.25) is 0 Å². The van der Waals surface area contributed by atoms with Crippen molar-refractivity contribution >= 4 is 11.8 Å². The van der Waals surface area contributed by atoms with Gasteiger partial charge in [-0.25, -0.2) is 0 Å². The Morgan fingerprint density at radius 1 is 1.07 bits per heavy atom. The maximum atomic E-state index is 12.3. The molecule has 1 unspecified atom stereocenters. The number of rotatable bonds is 7. The molecule has 1 N–H and O–H groups in total. The van der Waals surface area contributed by atoms with E-state index in [-0.39, 0.29) is 36.8 Å². The molecule has 1 heterocycles. The fourth-order valence-corrected chi connectivity index (χ4v) is 4.11. The van der Waals surface area contributed by atoms with Gasteiger partial charge in [0.25, 0.3) is 0 Å². The van der Waals surface area contributed by atoms with Crippen LogP contribution in [-0.4, -0.2) is 48.6 Å². The van der Waals surface area contributed by atoms with Crippen molar-refractivity contribution in [2.24, 2.45) is 11.8 Å². The lowest BCUT2D eigenvalue weighted by atomic mass is 9.91. The van der Waals surface area contributed by atoms with Crippen molar-refractivity contribution in [3.8, 4) is 5.75 Å². The van der Waals surface area contributed by atoms with Gasteiger partial charge in [-0.1, -0.05) is 18.2 Å². The molecule has 2 amide bonds. The molecule has 2 aliphatic rings. The lowest BCUT2D eigenvalue weighted by Gasteiger charge is -2.38. The molecule has 3 rings (SSSR count). The number of alkyl halides is 3. The molecule has 154 valence electrons. The summed E-state index contributed by atoms with van der Waals surface area (Å²) in [5.74, 6) is 0.367. The molecule has 1 aliphatic heterocycles. The number of ether oxygens (including phenoxy) is 1. The van der Waals surface area contributed by atoms with E-state index in [2.05, 4.69) is 5.32 Å². The number of hydrogen-bond donors (Lipinski definition) is 1. The molecular weight excluding hydrogens is 373 g/mol. The van der Waals surface area contributed by atoms with Gasteiger partial charge in [0.15, 0.2) is 0 Å². The summed E-state index contributed by atoms with van der Waals surface area (Å²) in [6.45, 7) is 1.11. The molecule has 8 heteroatoms. The number of likely N-dealkylation sites (tertiary alicyclic amines) is 1. The average Bonchev–Trinajstić information content (AvgIpc) is 2.88. The molecule has 0 radical (unpaired) electrons. The summed E-state index contributed by atoms with van der Waals surface area (Å²) < 4.78 is 42.5. The minimum atomic E-state index is -4.32. The molecule has 1 saturated heterocycles. The van der Waals surface area contributed by atoms with Crippen LogP contribution in [0.5, 0.6) is 5.75 Å². The van der Waals surface area contributed by atoms with Crippen LogP contribution in [0.1, 0.15) is 32.1 Å². The lowest BCUT2D eigenvalue weighted by Crippen LogP contribution is -2.54. The van der Waals surface area contributed by atoms with Crippen molar-refractivity contribution in [3.05, 3.63) is 30.3 Å². The summed E-state index contributed by atoms with van der Waals surface area (Å²) in [4.78, 5) is 25.9. The fraction of sp³-hybridized carbons (Fsp3) is 0.600. The van der Waals surface area contributed by atoms with Crippen LogP contribution < -0.4 is 10.1 Å². The summed E-state index contributed by atoms with van der Waals surface area (Å²) in [6.07, 6.45) is -3.92. The number of amides is 2. The first-order valence-corrected chi connectivity index (χ1v) is 9.63. The second-order valence-corrected chi connectivity index (χ2v) is 7.52. The van der Waals surface area contributed by atoms with E-state index in [1.54, 1.807) is 0 Å². The van der Waals surface area contributed by atoms with E-state index in [9.17, 15) is 22.8 Å². The Morgan fingerprint density at radius 2 is 1.71 bits per heavy atom. The Bertz CT molecular complexity index is 667. The number of benzene rings is 1. The average molecular weight is 398 g/mol. The summed E-state index contributed by atoms with van der Waals surface area (Å²) in [5, 5.41) is 3.05. The van der Waals surface area contributed by atoms with Gasteiger partial charge < -0.3 is 15.0 Å². The van der Waals surface area contributed by atoms with Gasteiger partial charge in [-0.3, -0.25) is 9.59 Å². The van der Waals surface area contributed by atoms with Gasteiger partial charge in [0.2, 0.25) is 11.8 Å². The number of nitrogens with zero attached hydrogens (tertiary/aromatic N) is 1. The van der Waals surface area contributed by atoms with Gasteiger partial charge in [0.05, 0.1) is 19.4 Å². The molecule has 5 nitrogen and oxygen atoms in total. The van der Waals surface area contributed by atoms with Crippen LogP contribution in [-0.2, 0) is 9.59 Å². The topological polar surface area (TPSA) is 58.6 Å². The highest BCUT2D eigenvalue weighted by Gasteiger charge is 2.44. The van der Waals surface area contributed by atoms with E-state index in [0.717, 1.165) is 12.8 Å². The first kappa shape index (κ1) is 20.5. The normalized spacial score (nSPS) is 24.1. The molecule has 1 aromatic carbocycles. The van der Waals surface area contributed by atoms with Crippen LogP contribution in [0.3, 0.4) is 0 Å². The highest BCUT2D eigenvalue weighted by Crippen LogP contribution is 2.37. The van der Waals surface area contributed by atoms with Gasteiger partial charge in [0.1, 0.15) is 5.75 Å². The number of piperidine rings is 1. The molecule has 1 aliphatic carbocycles. The number of carbonyl (C=O) groups is 2. The van der Waals surface area contributed by atoms with E-state index in [0.29, 0.717) is 18.8 Å². The molecule has 2 fully saturated rings.